The highest BCUT2D eigenvalue weighted by Crippen LogP contribution is 2.18. The number of aromatic nitrogens is 2. The van der Waals surface area contributed by atoms with Crippen molar-refractivity contribution in [1.29, 1.82) is 0 Å². The Hall–Kier alpha value is -1.44. The molecule has 0 spiro atoms. The van der Waals surface area contributed by atoms with Crippen molar-refractivity contribution in [2.24, 2.45) is 12.0 Å². The Balaban J connectivity index is 0.00000480. The lowest BCUT2D eigenvalue weighted by atomic mass is 10.1. The average Bonchev–Trinajstić information content (AvgIpc) is 3.14. The maximum Gasteiger partial charge on any atom is 0.234 e. The van der Waals surface area contributed by atoms with E-state index in [0.717, 1.165) is 44.2 Å². The molecule has 0 bridgehead atoms. The van der Waals surface area contributed by atoms with Crippen LogP contribution in [0.1, 0.15) is 18.5 Å². The van der Waals surface area contributed by atoms with Crippen LogP contribution in [0.3, 0.4) is 0 Å². The summed E-state index contributed by atoms with van der Waals surface area (Å²) in [5.74, 6) is 0.976. The Morgan fingerprint density at radius 3 is 2.55 bits per heavy atom. The summed E-state index contributed by atoms with van der Waals surface area (Å²) in [6, 6.07) is 0.171. The first kappa shape index (κ1) is 27.6. The molecule has 31 heavy (non-hydrogen) atoms. The van der Waals surface area contributed by atoms with Crippen LogP contribution in [0.2, 0.25) is 0 Å². The second-order valence-corrected chi connectivity index (χ2v) is 7.73. The van der Waals surface area contributed by atoms with Crippen LogP contribution >= 0.6 is 24.0 Å². The molecule has 0 radical (unpaired) electrons. The topological polar surface area (TPSA) is 90.3 Å². The number of nitrogens with one attached hydrogen (secondary N) is 2. The zero-order valence-corrected chi connectivity index (χ0v) is 21.8. The van der Waals surface area contributed by atoms with Gasteiger partial charge in [0.05, 0.1) is 31.9 Å². The number of nitrogens with zero attached hydrogens (tertiary/aromatic N) is 6. The minimum atomic E-state index is 0. The van der Waals surface area contributed by atoms with Crippen molar-refractivity contribution in [3.8, 4) is 0 Å². The predicted octanol–water partition coefficient (Wildman–Crippen LogP) is -0.0135. The lowest BCUT2D eigenvalue weighted by Crippen LogP contribution is -2.54. The number of aliphatic imine (C=N–C) groups is 1. The van der Waals surface area contributed by atoms with E-state index in [1.54, 1.807) is 7.11 Å². The Bertz CT molecular complexity index is 674. The number of piperazine rings is 1. The molecule has 2 N–H and O–H groups in total. The maximum atomic E-state index is 12.0. The highest BCUT2D eigenvalue weighted by Gasteiger charge is 2.22. The summed E-state index contributed by atoms with van der Waals surface area (Å²) in [6.45, 7) is 8.43. The van der Waals surface area contributed by atoms with Crippen LogP contribution in [0.5, 0.6) is 0 Å². The quantitative estimate of drug-likeness (QED) is 0.183. The van der Waals surface area contributed by atoms with Gasteiger partial charge in [-0.05, 0) is 21.0 Å². The summed E-state index contributed by atoms with van der Waals surface area (Å²) in [6.07, 6.45) is 3.95. The van der Waals surface area contributed by atoms with Crippen LogP contribution in [-0.4, -0.2) is 117 Å². The molecule has 1 saturated heterocycles. The first-order chi connectivity index (χ1) is 14.4. The molecular weight excluding hydrogens is 511 g/mol. The fourth-order valence-electron chi connectivity index (χ4n) is 3.45. The predicted molar refractivity (Wildman–Crippen MR) is 134 cm³/mol. The van der Waals surface area contributed by atoms with E-state index in [2.05, 4.69) is 51.5 Å². The van der Waals surface area contributed by atoms with Gasteiger partial charge in [-0.25, -0.2) is 0 Å². The molecule has 0 saturated carbocycles. The van der Waals surface area contributed by atoms with E-state index >= 15 is 0 Å². The minimum Gasteiger partial charge on any atom is -0.383 e. The number of carbonyl (C=O) groups excluding carboxylic acids is 1. The van der Waals surface area contributed by atoms with E-state index < -0.39 is 0 Å². The number of ether oxygens (including phenoxy) is 1. The van der Waals surface area contributed by atoms with E-state index in [0.29, 0.717) is 26.2 Å². The maximum absolute atomic E-state index is 12.0. The number of methoxy groups -OCH3 is 1. The third kappa shape index (κ3) is 9.29. The molecule has 2 rings (SSSR count). The molecule has 0 aromatic carbocycles. The van der Waals surface area contributed by atoms with Crippen LogP contribution in [0.15, 0.2) is 17.4 Å². The number of hydrogen-bond acceptors (Lipinski definition) is 6. The van der Waals surface area contributed by atoms with Crippen LogP contribution in [0.25, 0.3) is 0 Å². The van der Waals surface area contributed by atoms with Crippen molar-refractivity contribution in [2.45, 2.75) is 13.0 Å². The lowest BCUT2D eigenvalue weighted by Gasteiger charge is -2.36. The van der Waals surface area contributed by atoms with Gasteiger partial charge < -0.3 is 25.2 Å². The molecule has 1 aromatic heterocycles. The van der Waals surface area contributed by atoms with Crippen molar-refractivity contribution < 1.29 is 9.53 Å². The number of carbonyl (C=O) groups is 1. The monoisotopic (exact) mass is 550 g/mol. The smallest absolute Gasteiger partial charge is 0.234 e. The second kappa shape index (κ2) is 14.6. The number of rotatable bonds is 10. The molecule has 1 unspecified atom stereocenters. The molecule has 1 aliphatic rings. The van der Waals surface area contributed by atoms with Crippen molar-refractivity contribution >= 4 is 35.8 Å². The molecule has 1 aliphatic heterocycles. The summed E-state index contributed by atoms with van der Waals surface area (Å²) in [7, 11) is 7.69. The van der Waals surface area contributed by atoms with E-state index in [1.807, 2.05) is 24.1 Å². The summed E-state index contributed by atoms with van der Waals surface area (Å²) in [5.41, 5.74) is 1.16. The number of halogens is 1. The number of amides is 1. The van der Waals surface area contributed by atoms with Crippen molar-refractivity contribution in [3.63, 3.8) is 0 Å². The van der Waals surface area contributed by atoms with Crippen LogP contribution in [0.4, 0.5) is 0 Å². The van der Waals surface area contributed by atoms with Gasteiger partial charge in [0.2, 0.25) is 5.91 Å². The van der Waals surface area contributed by atoms with E-state index in [1.165, 1.54) is 0 Å². The Morgan fingerprint density at radius 1 is 1.29 bits per heavy atom. The van der Waals surface area contributed by atoms with E-state index in [9.17, 15) is 4.79 Å². The van der Waals surface area contributed by atoms with Crippen LogP contribution in [0, 0.1) is 0 Å². The molecule has 0 aliphatic carbocycles. The zero-order chi connectivity index (χ0) is 21.9. The lowest BCUT2D eigenvalue weighted by molar-refractivity contribution is -0.122. The zero-order valence-electron chi connectivity index (χ0n) is 19.5. The summed E-state index contributed by atoms with van der Waals surface area (Å²) >= 11 is 0. The van der Waals surface area contributed by atoms with Gasteiger partial charge in [-0.15, -0.1) is 24.0 Å². The van der Waals surface area contributed by atoms with Crippen molar-refractivity contribution in [2.75, 3.05) is 80.2 Å². The van der Waals surface area contributed by atoms with Gasteiger partial charge in [-0.3, -0.25) is 19.4 Å². The van der Waals surface area contributed by atoms with Crippen molar-refractivity contribution in [1.82, 2.24) is 35.1 Å². The highest BCUT2D eigenvalue weighted by atomic mass is 127. The minimum absolute atomic E-state index is 0. The normalized spacial score (nSPS) is 16.2. The molecule has 10 nitrogen and oxygen atoms in total. The summed E-state index contributed by atoms with van der Waals surface area (Å²) < 4.78 is 6.79. The molecule has 11 heteroatoms. The number of guanidine groups is 1. The van der Waals surface area contributed by atoms with Gasteiger partial charge in [0.25, 0.3) is 0 Å². The first-order valence-electron chi connectivity index (χ1n) is 10.6. The highest BCUT2D eigenvalue weighted by molar-refractivity contribution is 14.0. The molecule has 1 fully saturated rings. The van der Waals surface area contributed by atoms with Gasteiger partial charge in [-0.1, -0.05) is 0 Å². The van der Waals surface area contributed by atoms with Gasteiger partial charge in [0.15, 0.2) is 5.96 Å². The second-order valence-electron chi connectivity index (χ2n) is 7.73. The molecule has 178 valence electrons. The van der Waals surface area contributed by atoms with E-state index in [-0.39, 0.29) is 35.9 Å². The van der Waals surface area contributed by atoms with Crippen LogP contribution in [-0.2, 0) is 16.6 Å². The van der Waals surface area contributed by atoms with Crippen molar-refractivity contribution in [3.05, 3.63) is 18.0 Å². The van der Waals surface area contributed by atoms with Crippen LogP contribution < -0.4 is 10.6 Å². The third-order valence-electron chi connectivity index (χ3n) is 5.15. The Kier molecular flexibility index (Phi) is 13.0. The van der Waals surface area contributed by atoms with Gasteiger partial charge in [0.1, 0.15) is 0 Å². The standard InChI is InChI=1S/C20H38N8O2.HI/c1-6-21-20(23-14-18(25(2)3)17-13-24-26(4)15-17)28-10-8-27(9-11-28)16-19(29)22-7-12-30-5;/h13,15,18H,6-12,14,16H2,1-5H3,(H,21,23)(H,22,29);1H. The third-order valence-corrected chi connectivity index (χ3v) is 5.15. The van der Waals surface area contributed by atoms with Gasteiger partial charge >= 0.3 is 0 Å². The molecule has 2 heterocycles. The number of likely N-dealkylation sites (N-methyl/N-ethyl adjacent to an activating group) is 1. The summed E-state index contributed by atoms with van der Waals surface area (Å²) in [5, 5.41) is 10.6. The average molecular weight is 550 g/mol. The Labute approximate surface area is 203 Å². The molecule has 1 atom stereocenters. The van der Waals surface area contributed by atoms with Gasteiger partial charge in [0, 0.05) is 65.2 Å². The van der Waals surface area contributed by atoms with E-state index in [4.69, 9.17) is 9.73 Å². The number of hydrogen-bond donors (Lipinski definition) is 2. The first-order valence-corrected chi connectivity index (χ1v) is 10.6. The van der Waals surface area contributed by atoms with Gasteiger partial charge in [-0.2, -0.15) is 5.10 Å². The Morgan fingerprint density at radius 2 is 2.00 bits per heavy atom. The molecule has 1 amide bonds. The molecule has 1 aromatic rings. The fraction of sp³-hybridized carbons (Fsp3) is 0.750. The fourth-order valence-corrected chi connectivity index (χ4v) is 3.45. The largest absolute Gasteiger partial charge is 0.383 e. The summed E-state index contributed by atoms with van der Waals surface area (Å²) in [4.78, 5) is 23.6. The number of aryl methyl sites for hydroxylation is 1. The molecular formula is C20H39IN8O2. The SMILES string of the molecule is CCNC(=NCC(c1cnn(C)c1)N(C)C)N1CCN(CC(=O)NCCOC)CC1.I.